The zero-order valence-corrected chi connectivity index (χ0v) is 10.1. The lowest BCUT2D eigenvalue weighted by molar-refractivity contribution is -0.176. The molecule has 0 aliphatic carbocycles. The number of benzene rings is 1. The quantitative estimate of drug-likeness (QED) is 0.609. The zero-order chi connectivity index (χ0) is 13.5. The van der Waals surface area contributed by atoms with Crippen molar-refractivity contribution in [3.05, 3.63) is 41.7 Å². The minimum Gasteiger partial charge on any atom is -0.421 e. The van der Waals surface area contributed by atoms with E-state index in [-0.39, 0.29) is 5.82 Å². The maximum atomic E-state index is 12.9. The number of esters is 2. The maximum Gasteiger partial charge on any atom is 0.305 e. The second kappa shape index (κ2) is 6.54. The first-order valence-electron chi connectivity index (χ1n) is 5.25. The Kier molecular flexibility index (Phi) is 5.05. The highest BCUT2D eigenvalue weighted by Gasteiger charge is 2.10. The average Bonchev–Trinajstić information content (AvgIpc) is 2.24. The lowest BCUT2D eigenvalue weighted by Gasteiger charge is -2.12. The molecule has 1 aromatic rings. The summed E-state index contributed by atoms with van der Waals surface area (Å²) in [6.07, 6.45) is 1.75. The van der Waals surface area contributed by atoms with Crippen LogP contribution in [0.15, 0.2) is 30.3 Å². The van der Waals surface area contributed by atoms with Crippen molar-refractivity contribution >= 4 is 18.0 Å². The van der Waals surface area contributed by atoms with Crippen molar-refractivity contribution in [2.45, 2.75) is 20.1 Å². The molecule has 1 aromatic carbocycles. The predicted octanol–water partition coefficient (Wildman–Crippen LogP) is 2.29. The van der Waals surface area contributed by atoms with Crippen LogP contribution in [0.2, 0.25) is 0 Å². The summed E-state index contributed by atoms with van der Waals surface area (Å²) in [5.74, 6) is -1.54. The average molecular weight is 252 g/mol. The molecule has 1 rings (SSSR count). The number of carbonyl (C=O) groups is 2. The van der Waals surface area contributed by atoms with Gasteiger partial charge in [-0.1, -0.05) is 18.2 Å². The van der Waals surface area contributed by atoms with Gasteiger partial charge in [-0.3, -0.25) is 9.59 Å². The van der Waals surface area contributed by atoms with Crippen LogP contribution in [-0.2, 0) is 19.1 Å². The largest absolute Gasteiger partial charge is 0.421 e. The molecule has 0 heterocycles. The summed E-state index contributed by atoms with van der Waals surface area (Å²) in [5.41, 5.74) is 0.569. The van der Waals surface area contributed by atoms with E-state index in [1.165, 1.54) is 38.1 Å². The highest BCUT2D eigenvalue weighted by molar-refractivity contribution is 5.68. The van der Waals surface area contributed by atoms with Gasteiger partial charge in [0.15, 0.2) is 0 Å². The number of carbonyl (C=O) groups excluding carboxylic acids is 2. The Labute approximate surface area is 104 Å². The van der Waals surface area contributed by atoms with Crippen LogP contribution in [-0.4, -0.2) is 18.2 Å². The van der Waals surface area contributed by atoms with Gasteiger partial charge in [0.1, 0.15) is 5.82 Å². The molecule has 0 saturated heterocycles. The topological polar surface area (TPSA) is 52.6 Å². The van der Waals surface area contributed by atoms with Crippen LogP contribution < -0.4 is 0 Å². The van der Waals surface area contributed by atoms with Gasteiger partial charge in [0.25, 0.3) is 6.29 Å². The van der Waals surface area contributed by atoms with Crippen molar-refractivity contribution in [3.8, 4) is 0 Å². The first kappa shape index (κ1) is 13.9. The molecule has 0 radical (unpaired) electrons. The number of hydrogen-bond donors (Lipinski definition) is 0. The summed E-state index contributed by atoms with van der Waals surface area (Å²) < 4.78 is 22.4. The standard InChI is InChI=1S/C13H13FO4/c1-9(15)17-13(18-10(2)16)7-6-11-4-3-5-12(14)8-11/h3-8,13H,1-2H3. The van der Waals surface area contributed by atoms with E-state index in [4.69, 9.17) is 9.47 Å². The maximum absolute atomic E-state index is 12.9. The predicted molar refractivity (Wildman–Crippen MR) is 62.8 cm³/mol. The highest BCUT2D eigenvalue weighted by atomic mass is 19.1. The van der Waals surface area contributed by atoms with Gasteiger partial charge in [-0.05, 0) is 23.8 Å². The van der Waals surface area contributed by atoms with Gasteiger partial charge >= 0.3 is 11.9 Å². The van der Waals surface area contributed by atoms with Gasteiger partial charge in [0.2, 0.25) is 0 Å². The smallest absolute Gasteiger partial charge is 0.305 e. The third-order valence-corrected chi connectivity index (χ3v) is 1.86. The van der Waals surface area contributed by atoms with E-state index in [1.807, 2.05) is 0 Å². The van der Waals surface area contributed by atoms with Gasteiger partial charge in [-0.25, -0.2) is 4.39 Å². The molecule has 0 bridgehead atoms. The van der Waals surface area contributed by atoms with Crippen molar-refractivity contribution in [1.82, 2.24) is 0 Å². The van der Waals surface area contributed by atoms with E-state index in [1.54, 1.807) is 12.1 Å². The van der Waals surface area contributed by atoms with Crippen LogP contribution >= 0.6 is 0 Å². The molecule has 0 atom stereocenters. The number of hydrogen-bond acceptors (Lipinski definition) is 4. The van der Waals surface area contributed by atoms with Crippen molar-refractivity contribution in [1.29, 1.82) is 0 Å². The van der Waals surface area contributed by atoms with Crippen molar-refractivity contribution in [3.63, 3.8) is 0 Å². The molecule has 0 saturated carbocycles. The summed E-state index contributed by atoms with van der Waals surface area (Å²) in [6.45, 7) is 2.40. The fourth-order valence-corrected chi connectivity index (χ4v) is 1.23. The highest BCUT2D eigenvalue weighted by Crippen LogP contribution is 2.08. The molecule has 18 heavy (non-hydrogen) atoms. The number of rotatable bonds is 4. The van der Waals surface area contributed by atoms with E-state index in [0.717, 1.165) is 0 Å². The first-order chi connectivity index (χ1) is 8.47. The molecule has 0 aliphatic rings. The molecular formula is C13H13FO4. The second-order valence-corrected chi connectivity index (χ2v) is 3.50. The molecule has 0 spiro atoms. The van der Waals surface area contributed by atoms with Crippen LogP contribution in [0.4, 0.5) is 4.39 Å². The molecular weight excluding hydrogens is 239 g/mol. The van der Waals surface area contributed by atoms with E-state index in [9.17, 15) is 14.0 Å². The van der Waals surface area contributed by atoms with Crippen LogP contribution in [0, 0.1) is 5.82 Å². The van der Waals surface area contributed by atoms with Crippen molar-refractivity contribution in [2.24, 2.45) is 0 Å². The van der Waals surface area contributed by atoms with Gasteiger partial charge in [-0.15, -0.1) is 0 Å². The molecule has 96 valence electrons. The van der Waals surface area contributed by atoms with Crippen LogP contribution in [0.3, 0.4) is 0 Å². The monoisotopic (exact) mass is 252 g/mol. The van der Waals surface area contributed by atoms with Gasteiger partial charge in [0.05, 0.1) is 0 Å². The van der Waals surface area contributed by atoms with Gasteiger partial charge in [-0.2, -0.15) is 0 Å². The van der Waals surface area contributed by atoms with Gasteiger partial charge < -0.3 is 9.47 Å². The molecule has 0 unspecified atom stereocenters. The lowest BCUT2D eigenvalue weighted by atomic mass is 10.2. The molecule has 5 heteroatoms. The van der Waals surface area contributed by atoms with E-state index < -0.39 is 18.2 Å². The second-order valence-electron chi connectivity index (χ2n) is 3.50. The summed E-state index contributed by atoms with van der Waals surface area (Å²) in [7, 11) is 0. The van der Waals surface area contributed by atoms with Gasteiger partial charge in [0, 0.05) is 13.8 Å². The third-order valence-electron chi connectivity index (χ3n) is 1.86. The Morgan fingerprint density at radius 3 is 2.33 bits per heavy atom. The Balaban J connectivity index is 2.75. The molecule has 4 nitrogen and oxygen atoms in total. The van der Waals surface area contributed by atoms with Crippen molar-refractivity contribution in [2.75, 3.05) is 0 Å². The molecule has 0 N–H and O–H groups in total. The molecule has 0 aliphatic heterocycles. The summed E-state index contributed by atoms with van der Waals surface area (Å²) in [6, 6.07) is 5.82. The molecule has 0 fully saturated rings. The fraction of sp³-hybridized carbons (Fsp3) is 0.231. The molecule has 0 aromatic heterocycles. The SMILES string of the molecule is CC(=O)OC(C=Cc1cccc(F)c1)OC(C)=O. The minimum atomic E-state index is -1.11. The lowest BCUT2D eigenvalue weighted by Crippen LogP contribution is -2.19. The summed E-state index contributed by atoms with van der Waals surface area (Å²) >= 11 is 0. The van der Waals surface area contributed by atoms with E-state index in [2.05, 4.69) is 0 Å². The number of ether oxygens (including phenoxy) is 2. The zero-order valence-electron chi connectivity index (χ0n) is 10.1. The van der Waals surface area contributed by atoms with Crippen LogP contribution in [0.25, 0.3) is 6.08 Å². The van der Waals surface area contributed by atoms with E-state index in [0.29, 0.717) is 5.56 Å². The normalized spacial score (nSPS) is 10.7. The Morgan fingerprint density at radius 1 is 1.22 bits per heavy atom. The van der Waals surface area contributed by atoms with Crippen LogP contribution in [0.1, 0.15) is 19.4 Å². The first-order valence-corrected chi connectivity index (χ1v) is 5.25. The summed E-state index contributed by atoms with van der Waals surface area (Å²) in [4.78, 5) is 21.6. The van der Waals surface area contributed by atoms with Crippen molar-refractivity contribution < 1.29 is 23.5 Å². The summed E-state index contributed by atoms with van der Waals surface area (Å²) in [5, 5.41) is 0. The van der Waals surface area contributed by atoms with E-state index >= 15 is 0 Å². The Hall–Kier alpha value is -2.17. The minimum absolute atomic E-state index is 0.381. The van der Waals surface area contributed by atoms with Crippen LogP contribution in [0.5, 0.6) is 0 Å². The molecule has 0 amide bonds. The number of halogens is 1. The Bertz CT molecular complexity index is 452. The third kappa shape index (κ3) is 5.25. The Morgan fingerprint density at radius 2 is 1.83 bits per heavy atom. The fourth-order valence-electron chi connectivity index (χ4n) is 1.23.